The SMILES string of the molecule is COC[C@H]1CCCN1C[C@@H]1OC[C@H](NC(=O)NC2CCC2)[C@H]1O. The summed E-state index contributed by atoms with van der Waals surface area (Å²) in [6, 6.07) is 0.180. The Morgan fingerprint density at radius 1 is 1.30 bits per heavy atom. The molecule has 0 radical (unpaired) electrons. The topological polar surface area (TPSA) is 83.1 Å². The van der Waals surface area contributed by atoms with Crippen LogP contribution < -0.4 is 10.6 Å². The highest BCUT2D eigenvalue weighted by Crippen LogP contribution is 2.22. The van der Waals surface area contributed by atoms with E-state index in [9.17, 15) is 9.90 Å². The summed E-state index contributed by atoms with van der Waals surface area (Å²) in [6.07, 6.45) is 4.66. The number of urea groups is 1. The number of aliphatic hydroxyl groups is 1. The third-order valence-electron chi connectivity index (χ3n) is 5.31. The van der Waals surface area contributed by atoms with Crippen molar-refractivity contribution in [3.8, 4) is 0 Å². The minimum absolute atomic E-state index is 0.193. The molecule has 3 N–H and O–H groups in total. The van der Waals surface area contributed by atoms with Gasteiger partial charge in [-0.05, 0) is 38.6 Å². The maximum absolute atomic E-state index is 11.9. The fraction of sp³-hybridized carbons (Fsp3) is 0.938. The number of ether oxygens (including phenoxy) is 2. The van der Waals surface area contributed by atoms with Gasteiger partial charge in [-0.1, -0.05) is 0 Å². The molecule has 7 heteroatoms. The van der Waals surface area contributed by atoms with E-state index in [1.165, 1.54) is 6.42 Å². The minimum atomic E-state index is -0.661. The summed E-state index contributed by atoms with van der Waals surface area (Å²) >= 11 is 0. The largest absolute Gasteiger partial charge is 0.388 e. The van der Waals surface area contributed by atoms with E-state index in [2.05, 4.69) is 15.5 Å². The van der Waals surface area contributed by atoms with Crippen molar-refractivity contribution in [1.29, 1.82) is 0 Å². The number of nitrogens with zero attached hydrogens (tertiary/aromatic N) is 1. The van der Waals surface area contributed by atoms with Gasteiger partial charge in [-0.3, -0.25) is 4.90 Å². The predicted molar refractivity (Wildman–Crippen MR) is 85.3 cm³/mol. The molecular weight excluding hydrogens is 298 g/mol. The van der Waals surface area contributed by atoms with E-state index < -0.39 is 6.10 Å². The molecule has 1 saturated carbocycles. The Morgan fingerprint density at radius 3 is 2.83 bits per heavy atom. The summed E-state index contributed by atoms with van der Waals surface area (Å²) < 4.78 is 11.0. The molecule has 0 aromatic rings. The number of carbonyl (C=O) groups excluding carboxylic acids is 1. The lowest BCUT2D eigenvalue weighted by molar-refractivity contribution is 0.00469. The quantitative estimate of drug-likeness (QED) is 0.643. The van der Waals surface area contributed by atoms with Gasteiger partial charge in [0.05, 0.1) is 25.4 Å². The molecule has 0 aromatic heterocycles. The molecule has 3 rings (SSSR count). The summed E-state index contributed by atoms with van der Waals surface area (Å²) in [5.41, 5.74) is 0. The van der Waals surface area contributed by atoms with Crippen LogP contribution in [0.25, 0.3) is 0 Å². The molecule has 23 heavy (non-hydrogen) atoms. The van der Waals surface area contributed by atoms with Crippen molar-refractivity contribution >= 4 is 6.03 Å². The predicted octanol–water partition coefficient (Wildman–Crippen LogP) is 0.0772. The average Bonchev–Trinajstić information content (AvgIpc) is 3.05. The van der Waals surface area contributed by atoms with Gasteiger partial charge in [-0.2, -0.15) is 0 Å². The van der Waals surface area contributed by atoms with Gasteiger partial charge in [0.25, 0.3) is 0 Å². The molecule has 7 nitrogen and oxygen atoms in total. The Bertz CT molecular complexity index is 405. The van der Waals surface area contributed by atoms with Gasteiger partial charge in [0.2, 0.25) is 0 Å². The third-order valence-corrected chi connectivity index (χ3v) is 5.31. The highest BCUT2D eigenvalue weighted by atomic mass is 16.5. The van der Waals surface area contributed by atoms with Gasteiger partial charge in [0.1, 0.15) is 6.10 Å². The second kappa shape index (κ2) is 7.79. The van der Waals surface area contributed by atoms with Crippen molar-refractivity contribution < 1.29 is 19.4 Å². The van der Waals surface area contributed by atoms with Crippen molar-refractivity contribution in [1.82, 2.24) is 15.5 Å². The van der Waals surface area contributed by atoms with Crippen molar-refractivity contribution in [2.45, 2.75) is 62.4 Å². The number of likely N-dealkylation sites (tertiary alicyclic amines) is 1. The van der Waals surface area contributed by atoms with Crippen LogP contribution in [0.5, 0.6) is 0 Å². The summed E-state index contributed by atoms with van der Waals surface area (Å²) in [7, 11) is 1.72. The van der Waals surface area contributed by atoms with Crippen molar-refractivity contribution in [2.24, 2.45) is 0 Å². The number of aliphatic hydroxyl groups excluding tert-OH is 1. The zero-order valence-corrected chi connectivity index (χ0v) is 13.9. The fourth-order valence-electron chi connectivity index (χ4n) is 3.67. The van der Waals surface area contributed by atoms with Crippen LogP contribution in [0.3, 0.4) is 0 Å². The van der Waals surface area contributed by atoms with E-state index in [4.69, 9.17) is 9.47 Å². The molecule has 1 aliphatic carbocycles. The van der Waals surface area contributed by atoms with Crippen LogP contribution in [0.1, 0.15) is 32.1 Å². The Morgan fingerprint density at radius 2 is 2.13 bits per heavy atom. The van der Waals surface area contributed by atoms with Gasteiger partial charge in [0.15, 0.2) is 0 Å². The Labute approximate surface area is 137 Å². The van der Waals surface area contributed by atoms with Crippen molar-refractivity contribution in [3.05, 3.63) is 0 Å². The first-order valence-electron chi connectivity index (χ1n) is 8.77. The summed E-state index contributed by atoms with van der Waals surface area (Å²) in [5, 5.41) is 16.2. The van der Waals surface area contributed by atoms with Crippen LogP contribution in [0.15, 0.2) is 0 Å². The van der Waals surface area contributed by atoms with Crippen molar-refractivity contribution in [3.63, 3.8) is 0 Å². The Balaban J connectivity index is 1.44. The van der Waals surface area contributed by atoms with Crippen LogP contribution in [0, 0.1) is 0 Å². The first-order valence-corrected chi connectivity index (χ1v) is 8.77. The molecule has 2 amide bonds. The van der Waals surface area contributed by atoms with E-state index in [0.717, 1.165) is 32.2 Å². The second-order valence-corrected chi connectivity index (χ2v) is 6.96. The Hall–Kier alpha value is -0.890. The summed E-state index contributed by atoms with van der Waals surface area (Å²) in [6.45, 7) is 2.79. The van der Waals surface area contributed by atoms with Gasteiger partial charge in [-0.25, -0.2) is 4.79 Å². The van der Waals surface area contributed by atoms with Crippen LogP contribution in [0.4, 0.5) is 4.79 Å². The molecule has 0 bridgehead atoms. The number of methoxy groups -OCH3 is 1. The van der Waals surface area contributed by atoms with E-state index in [0.29, 0.717) is 31.8 Å². The highest BCUT2D eigenvalue weighted by molar-refractivity contribution is 5.74. The lowest BCUT2D eigenvalue weighted by atomic mass is 9.93. The maximum atomic E-state index is 11.9. The smallest absolute Gasteiger partial charge is 0.315 e. The van der Waals surface area contributed by atoms with E-state index in [-0.39, 0.29) is 18.2 Å². The summed E-state index contributed by atoms with van der Waals surface area (Å²) in [4.78, 5) is 14.2. The monoisotopic (exact) mass is 327 g/mol. The number of hydrogen-bond acceptors (Lipinski definition) is 5. The second-order valence-electron chi connectivity index (χ2n) is 6.96. The number of amides is 2. The van der Waals surface area contributed by atoms with E-state index in [1.54, 1.807) is 7.11 Å². The first kappa shape index (κ1) is 17.0. The first-order chi connectivity index (χ1) is 11.2. The molecular formula is C16H29N3O4. The number of hydrogen-bond donors (Lipinski definition) is 3. The normalized spacial score (nSPS) is 35.2. The van der Waals surface area contributed by atoms with Gasteiger partial charge < -0.3 is 25.2 Å². The molecule has 2 saturated heterocycles. The molecule has 0 unspecified atom stereocenters. The van der Waals surface area contributed by atoms with Crippen LogP contribution in [-0.4, -0.2) is 79.8 Å². The lowest BCUT2D eigenvalue weighted by Gasteiger charge is -2.29. The molecule has 3 aliphatic rings. The Kier molecular flexibility index (Phi) is 5.74. The lowest BCUT2D eigenvalue weighted by Crippen LogP contribution is -2.53. The molecule has 0 spiro atoms. The van der Waals surface area contributed by atoms with Crippen molar-refractivity contribution in [2.75, 3.05) is 33.4 Å². The number of rotatable bonds is 6. The van der Waals surface area contributed by atoms with Crippen LogP contribution in [-0.2, 0) is 9.47 Å². The average molecular weight is 327 g/mol. The molecule has 2 heterocycles. The van der Waals surface area contributed by atoms with Gasteiger partial charge in [0, 0.05) is 25.7 Å². The van der Waals surface area contributed by atoms with E-state index >= 15 is 0 Å². The number of nitrogens with one attached hydrogen (secondary N) is 2. The molecule has 2 aliphatic heterocycles. The fourth-order valence-corrected chi connectivity index (χ4v) is 3.67. The zero-order chi connectivity index (χ0) is 16.2. The molecule has 3 fully saturated rings. The third kappa shape index (κ3) is 4.15. The molecule has 4 atom stereocenters. The maximum Gasteiger partial charge on any atom is 0.315 e. The zero-order valence-electron chi connectivity index (χ0n) is 13.9. The summed E-state index contributed by atoms with van der Waals surface area (Å²) in [5.74, 6) is 0. The molecule has 132 valence electrons. The van der Waals surface area contributed by atoms with Gasteiger partial charge >= 0.3 is 6.03 Å². The minimum Gasteiger partial charge on any atom is -0.388 e. The standard InChI is InChI=1S/C16H29N3O4/c1-22-9-12-6-3-7-19(12)8-14-15(20)13(10-23-14)18-16(21)17-11-4-2-5-11/h11-15,20H,2-10H2,1H3,(H2,17,18,21)/t12-,13+,14+,15-/m1/s1. The highest BCUT2D eigenvalue weighted by Gasteiger charge is 2.39. The van der Waals surface area contributed by atoms with Gasteiger partial charge in [-0.15, -0.1) is 0 Å². The molecule has 0 aromatic carbocycles. The van der Waals surface area contributed by atoms with Crippen LogP contribution in [0.2, 0.25) is 0 Å². The number of carbonyl (C=O) groups is 1. The van der Waals surface area contributed by atoms with E-state index in [1.807, 2.05) is 0 Å². The van der Waals surface area contributed by atoms with Crippen LogP contribution >= 0.6 is 0 Å².